The van der Waals surface area contributed by atoms with Crippen molar-refractivity contribution < 1.29 is 10.2 Å². The van der Waals surface area contributed by atoms with Gasteiger partial charge in [-0.1, -0.05) is 0 Å². The van der Waals surface area contributed by atoms with Gasteiger partial charge in [0.25, 0.3) is 0 Å². The standard InChI is InChI=1S/C6H8N2O2/c7-2-1-5(3-8)6(10)4-9/h5-6,9-10H,1,4H2. The highest BCUT2D eigenvalue weighted by atomic mass is 16.3. The Morgan fingerprint density at radius 3 is 2.30 bits per heavy atom. The fourth-order valence-corrected chi connectivity index (χ4v) is 0.493. The molecule has 0 aromatic carbocycles. The minimum absolute atomic E-state index is 0.0434. The summed E-state index contributed by atoms with van der Waals surface area (Å²) in [6, 6.07) is 3.46. The largest absolute Gasteiger partial charge is 0.394 e. The quantitative estimate of drug-likeness (QED) is 0.547. The lowest BCUT2D eigenvalue weighted by atomic mass is 10.0. The van der Waals surface area contributed by atoms with Gasteiger partial charge in [-0.05, 0) is 0 Å². The number of hydrogen-bond acceptors (Lipinski definition) is 4. The van der Waals surface area contributed by atoms with Crippen LogP contribution in [0.1, 0.15) is 6.42 Å². The normalized spacial score (nSPS) is 14.8. The topological polar surface area (TPSA) is 88.0 Å². The maximum absolute atomic E-state index is 8.83. The summed E-state index contributed by atoms with van der Waals surface area (Å²) in [5.74, 6) is -0.769. The van der Waals surface area contributed by atoms with Crippen molar-refractivity contribution in [2.45, 2.75) is 12.5 Å². The van der Waals surface area contributed by atoms with Gasteiger partial charge in [0.05, 0.1) is 37.2 Å². The molecule has 0 aliphatic carbocycles. The first kappa shape index (κ1) is 8.90. The van der Waals surface area contributed by atoms with Crippen molar-refractivity contribution in [2.24, 2.45) is 5.92 Å². The molecule has 0 aliphatic heterocycles. The second-order valence-electron chi connectivity index (χ2n) is 1.85. The predicted molar refractivity (Wildman–Crippen MR) is 32.4 cm³/mol. The average Bonchev–Trinajstić information content (AvgIpc) is 1.99. The van der Waals surface area contributed by atoms with Crippen LogP contribution < -0.4 is 0 Å². The molecule has 0 spiro atoms. The van der Waals surface area contributed by atoms with Gasteiger partial charge >= 0.3 is 0 Å². The molecule has 0 fully saturated rings. The molecule has 0 aliphatic rings. The van der Waals surface area contributed by atoms with E-state index >= 15 is 0 Å². The fourth-order valence-electron chi connectivity index (χ4n) is 0.493. The summed E-state index contributed by atoms with van der Waals surface area (Å²) < 4.78 is 0. The van der Waals surface area contributed by atoms with Crippen molar-refractivity contribution >= 4 is 0 Å². The highest BCUT2D eigenvalue weighted by Crippen LogP contribution is 2.05. The van der Waals surface area contributed by atoms with Crippen molar-refractivity contribution in [1.82, 2.24) is 0 Å². The SMILES string of the molecule is N#CCC(C#N)C(O)CO. The lowest BCUT2D eigenvalue weighted by Crippen LogP contribution is -2.22. The Hall–Kier alpha value is -1.10. The van der Waals surface area contributed by atoms with Gasteiger partial charge in [-0.3, -0.25) is 0 Å². The smallest absolute Gasteiger partial charge is 0.0938 e. The van der Waals surface area contributed by atoms with Crippen LogP contribution in [0.3, 0.4) is 0 Å². The molecule has 54 valence electrons. The zero-order valence-electron chi connectivity index (χ0n) is 5.36. The van der Waals surface area contributed by atoms with Crippen LogP contribution in [0.25, 0.3) is 0 Å². The summed E-state index contributed by atoms with van der Waals surface area (Å²) in [6.45, 7) is -0.472. The van der Waals surface area contributed by atoms with Crippen LogP contribution in [-0.4, -0.2) is 22.9 Å². The lowest BCUT2D eigenvalue weighted by molar-refractivity contribution is 0.0666. The van der Waals surface area contributed by atoms with E-state index in [0.717, 1.165) is 0 Å². The Bertz CT molecular complexity index is 168. The van der Waals surface area contributed by atoms with Gasteiger partial charge in [0.1, 0.15) is 0 Å². The Labute approximate surface area is 58.9 Å². The molecule has 0 bridgehead atoms. The average molecular weight is 140 g/mol. The zero-order chi connectivity index (χ0) is 7.98. The molecule has 0 heterocycles. The first-order chi connectivity index (χ1) is 4.76. The van der Waals surface area contributed by atoms with Gasteiger partial charge in [0, 0.05) is 0 Å². The Balaban J connectivity index is 3.86. The molecule has 0 saturated heterocycles. The number of nitriles is 2. The van der Waals surface area contributed by atoms with E-state index in [9.17, 15) is 0 Å². The first-order valence-electron chi connectivity index (χ1n) is 2.81. The van der Waals surface area contributed by atoms with Crippen LogP contribution in [0.5, 0.6) is 0 Å². The van der Waals surface area contributed by atoms with E-state index in [-0.39, 0.29) is 6.42 Å². The third kappa shape index (κ3) is 2.45. The summed E-state index contributed by atoms with van der Waals surface area (Å²) in [5, 5.41) is 33.6. The van der Waals surface area contributed by atoms with E-state index in [1.807, 2.05) is 0 Å². The number of hydrogen-bond donors (Lipinski definition) is 2. The monoisotopic (exact) mass is 140 g/mol. The van der Waals surface area contributed by atoms with Crippen molar-refractivity contribution in [3.8, 4) is 12.1 Å². The molecular formula is C6H8N2O2. The third-order valence-electron chi connectivity index (χ3n) is 1.13. The highest BCUT2D eigenvalue weighted by Gasteiger charge is 2.16. The number of aliphatic hydroxyl groups is 2. The van der Waals surface area contributed by atoms with Crippen LogP contribution in [0, 0.1) is 28.6 Å². The molecule has 2 unspecified atom stereocenters. The van der Waals surface area contributed by atoms with E-state index in [1.54, 1.807) is 12.1 Å². The van der Waals surface area contributed by atoms with Crippen molar-refractivity contribution in [3.63, 3.8) is 0 Å². The predicted octanol–water partition coefficient (Wildman–Crippen LogP) is -0.607. The van der Waals surface area contributed by atoms with Crippen LogP contribution in [0.15, 0.2) is 0 Å². The number of aliphatic hydroxyl groups excluding tert-OH is 2. The Morgan fingerprint density at radius 1 is 1.40 bits per heavy atom. The highest BCUT2D eigenvalue weighted by molar-refractivity contribution is 4.93. The summed E-state index contributed by atoms with van der Waals surface area (Å²) in [7, 11) is 0. The molecule has 0 saturated carbocycles. The Kier molecular flexibility index (Phi) is 4.23. The molecule has 4 heteroatoms. The second-order valence-corrected chi connectivity index (χ2v) is 1.85. The van der Waals surface area contributed by atoms with Gasteiger partial charge in [-0.15, -0.1) is 0 Å². The van der Waals surface area contributed by atoms with E-state index in [4.69, 9.17) is 20.7 Å². The van der Waals surface area contributed by atoms with Crippen molar-refractivity contribution in [1.29, 1.82) is 10.5 Å². The molecule has 10 heavy (non-hydrogen) atoms. The molecule has 0 amide bonds. The molecule has 0 aromatic rings. The molecule has 0 radical (unpaired) electrons. The minimum Gasteiger partial charge on any atom is -0.394 e. The number of nitrogens with zero attached hydrogens (tertiary/aromatic N) is 2. The van der Waals surface area contributed by atoms with Crippen LogP contribution in [-0.2, 0) is 0 Å². The summed E-state index contributed by atoms with van der Waals surface area (Å²) in [6.07, 6.45) is -1.14. The fraction of sp³-hybridized carbons (Fsp3) is 0.667. The van der Waals surface area contributed by atoms with E-state index < -0.39 is 18.6 Å². The van der Waals surface area contributed by atoms with Crippen LogP contribution >= 0.6 is 0 Å². The minimum atomic E-state index is -1.09. The van der Waals surface area contributed by atoms with Gasteiger partial charge in [-0.2, -0.15) is 10.5 Å². The van der Waals surface area contributed by atoms with Gasteiger partial charge in [0.15, 0.2) is 0 Å². The molecular weight excluding hydrogens is 132 g/mol. The molecule has 4 nitrogen and oxygen atoms in total. The first-order valence-corrected chi connectivity index (χ1v) is 2.81. The summed E-state index contributed by atoms with van der Waals surface area (Å²) in [4.78, 5) is 0. The third-order valence-corrected chi connectivity index (χ3v) is 1.13. The molecule has 2 N–H and O–H groups in total. The molecule has 2 atom stereocenters. The van der Waals surface area contributed by atoms with Crippen molar-refractivity contribution in [3.05, 3.63) is 0 Å². The van der Waals surface area contributed by atoms with E-state index in [0.29, 0.717) is 0 Å². The maximum Gasteiger partial charge on any atom is 0.0938 e. The van der Waals surface area contributed by atoms with E-state index in [1.165, 1.54) is 0 Å². The van der Waals surface area contributed by atoms with Gasteiger partial charge in [-0.25, -0.2) is 0 Å². The van der Waals surface area contributed by atoms with Gasteiger partial charge < -0.3 is 10.2 Å². The zero-order valence-corrected chi connectivity index (χ0v) is 5.36. The molecule has 0 rings (SSSR count). The molecule has 0 aromatic heterocycles. The van der Waals surface area contributed by atoms with Crippen molar-refractivity contribution in [2.75, 3.05) is 6.61 Å². The van der Waals surface area contributed by atoms with E-state index in [2.05, 4.69) is 0 Å². The summed E-state index contributed by atoms with van der Waals surface area (Å²) in [5.41, 5.74) is 0. The van der Waals surface area contributed by atoms with Crippen LogP contribution in [0.2, 0.25) is 0 Å². The number of rotatable bonds is 3. The van der Waals surface area contributed by atoms with Crippen LogP contribution in [0.4, 0.5) is 0 Å². The lowest BCUT2D eigenvalue weighted by Gasteiger charge is -2.08. The van der Waals surface area contributed by atoms with Gasteiger partial charge in [0.2, 0.25) is 0 Å². The maximum atomic E-state index is 8.83. The Morgan fingerprint density at radius 2 is 2.00 bits per heavy atom. The second kappa shape index (κ2) is 4.75. The summed E-state index contributed by atoms with van der Waals surface area (Å²) >= 11 is 0.